The van der Waals surface area contributed by atoms with E-state index in [1.54, 1.807) is 0 Å². The third kappa shape index (κ3) is 3.33. The van der Waals surface area contributed by atoms with Crippen LogP contribution >= 0.6 is 0 Å². The summed E-state index contributed by atoms with van der Waals surface area (Å²) in [5, 5.41) is 9.08. The maximum atomic E-state index is 11.4. The fourth-order valence-corrected chi connectivity index (χ4v) is 3.16. The summed E-state index contributed by atoms with van der Waals surface area (Å²) in [5.41, 5.74) is 5.37. The van der Waals surface area contributed by atoms with Crippen molar-refractivity contribution in [3.05, 3.63) is 11.8 Å². The van der Waals surface area contributed by atoms with Crippen LogP contribution in [0.1, 0.15) is 39.0 Å². The first-order chi connectivity index (χ1) is 9.67. The van der Waals surface area contributed by atoms with Crippen LogP contribution in [0.3, 0.4) is 0 Å². The van der Waals surface area contributed by atoms with Gasteiger partial charge in [0.15, 0.2) is 5.76 Å². The van der Waals surface area contributed by atoms with Gasteiger partial charge in [0.2, 0.25) is 6.29 Å². The predicted molar refractivity (Wildman–Crippen MR) is 74.4 cm³/mol. The van der Waals surface area contributed by atoms with Gasteiger partial charge in [0.1, 0.15) is 0 Å². The third-order valence-corrected chi connectivity index (χ3v) is 4.39. The average Bonchev–Trinajstić information content (AvgIpc) is 2.35. The summed E-state index contributed by atoms with van der Waals surface area (Å²) in [5.74, 6) is 0.749. The molecule has 3 atom stereocenters. The maximum Gasteiger partial charge on any atom is 0.283 e. The molecule has 2 rings (SSSR count). The molecule has 5 nitrogen and oxygen atoms in total. The summed E-state index contributed by atoms with van der Waals surface area (Å²) in [6.45, 7) is 2.61. The highest BCUT2D eigenvalue weighted by molar-refractivity contribution is 5.90. The number of rotatable bonds is 7. The van der Waals surface area contributed by atoms with Gasteiger partial charge in [-0.25, -0.2) is 0 Å². The second-order valence-electron chi connectivity index (χ2n) is 5.63. The molecule has 1 saturated carbocycles. The lowest BCUT2D eigenvalue weighted by molar-refractivity contribution is -0.177. The monoisotopic (exact) mass is 283 g/mol. The Labute approximate surface area is 120 Å². The zero-order chi connectivity index (χ0) is 14.5. The van der Waals surface area contributed by atoms with Crippen molar-refractivity contribution in [1.82, 2.24) is 0 Å². The molecule has 2 aliphatic rings. The first-order valence-corrected chi connectivity index (χ1v) is 7.58. The van der Waals surface area contributed by atoms with Crippen LogP contribution in [0.25, 0.3) is 0 Å². The summed E-state index contributed by atoms with van der Waals surface area (Å²) < 4.78 is 11.3. The molecule has 3 N–H and O–H groups in total. The fourth-order valence-electron chi connectivity index (χ4n) is 3.16. The highest BCUT2D eigenvalue weighted by atomic mass is 16.7. The molecule has 0 aromatic heterocycles. The van der Waals surface area contributed by atoms with Crippen LogP contribution in [0.15, 0.2) is 11.8 Å². The number of carbonyl (C=O) groups excluding carboxylic acids is 1. The second kappa shape index (κ2) is 7.09. The van der Waals surface area contributed by atoms with Crippen molar-refractivity contribution in [2.75, 3.05) is 13.2 Å². The molecule has 0 unspecified atom stereocenters. The molecule has 0 radical (unpaired) electrons. The van der Waals surface area contributed by atoms with Crippen molar-refractivity contribution in [3.8, 4) is 0 Å². The molecule has 0 saturated heterocycles. The average molecular weight is 283 g/mol. The molecule has 1 aliphatic carbocycles. The predicted octanol–water partition coefficient (Wildman–Crippen LogP) is 1.55. The standard InChI is InChI=1S/C15H25NO4/c1-2-19-15-11(7-4-8-17)12(10-5-3-6-10)9-13(20-15)14(16)18/h9-12,15,17H,2-8H2,1H3,(H2,16,18)/t11-,12-,15-/m0/s1. The van der Waals surface area contributed by atoms with Crippen LogP contribution in [0.5, 0.6) is 0 Å². The molecule has 5 heteroatoms. The molecule has 1 amide bonds. The van der Waals surface area contributed by atoms with Crippen LogP contribution in [0.4, 0.5) is 0 Å². The lowest BCUT2D eigenvalue weighted by atomic mass is 9.68. The summed E-state index contributed by atoms with van der Waals surface area (Å²) >= 11 is 0. The van der Waals surface area contributed by atoms with Crippen LogP contribution in [-0.2, 0) is 14.3 Å². The number of allylic oxidation sites excluding steroid dienone is 1. The second-order valence-corrected chi connectivity index (χ2v) is 5.63. The van der Waals surface area contributed by atoms with Crippen molar-refractivity contribution in [1.29, 1.82) is 0 Å². The van der Waals surface area contributed by atoms with Gasteiger partial charge >= 0.3 is 0 Å². The largest absolute Gasteiger partial charge is 0.459 e. The molecule has 0 aromatic rings. The van der Waals surface area contributed by atoms with Crippen molar-refractivity contribution >= 4 is 5.91 Å². The summed E-state index contributed by atoms with van der Waals surface area (Å²) in [6, 6.07) is 0. The van der Waals surface area contributed by atoms with Gasteiger partial charge in [0.05, 0.1) is 0 Å². The van der Waals surface area contributed by atoms with E-state index < -0.39 is 12.2 Å². The van der Waals surface area contributed by atoms with Crippen molar-refractivity contribution in [3.63, 3.8) is 0 Å². The summed E-state index contributed by atoms with van der Waals surface area (Å²) in [6.07, 6.45) is 6.64. The Balaban J connectivity index is 2.18. The lowest BCUT2D eigenvalue weighted by Gasteiger charge is -2.43. The number of primary amides is 1. The van der Waals surface area contributed by atoms with E-state index in [9.17, 15) is 4.79 Å². The molecule has 114 valence electrons. The van der Waals surface area contributed by atoms with E-state index in [4.69, 9.17) is 20.3 Å². The van der Waals surface area contributed by atoms with Crippen LogP contribution in [0, 0.1) is 17.8 Å². The first-order valence-electron chi connectivity index (χ1n) is 7.58. The molecular formula is C15H25NO4. The zero-order valence-corrected chi connectivity index (χ0v) is 12.1. The minimum atomic E-state index is -0.528. The molecular weight excluding hydrogens is 258 g/mol. The van der Waals surface area contributed by atoms with Gasteiger partial charge in [0.25, 0.3) is 5.91 Å². The number of hydrogen-bond acceptors (Lipinski definition) is 4. The Bertz CT molecular complexity index is 365. The third-order valence-electron chi connectivity index (χ3n) is 4.39. The molecule has 0 aromatic carbocycles. The topological polar surface area (TPSA) is 81.8 Å². The summed E-state index contributed by atoms with van der Waals surface area (Å²) in [4.78, 5) is 11.4. The number of aliphatic hydroxyl groups excluding tert-OH is 1. The minimum absolute atomic E-state index is 0.166. The minimum Gasteiger partial charge on any atom is -0.459 e. The molecule has 0 spiro atoms. The Morgan fingerprint density at radius 1 is 1.55 bits per heavy atom. The molecule has 1 fully saturated rings. The van der Waals surface area contributed by atoms with Crippen LogP contribution < -0.4 is 5.73 Å². The number of carbonyl (C=O) groups is 1. The van der Waals surface area contributed by atoms with Gasteiger partial charge < -0.3 is 20.3 Å². The Hall–Kier alpha value is -1.07. The SMILES string of the molecule is CCO[C@H]1OC(C(N)=O)=C[C@@H](C2CCC2)[C@@H]1CCCO. The van der Waals surface area contributed by atoms with Gasteiger partial charge in [-0.2, -0.15) is 0 Å². The van der Waals surface area contributed by atoms with Gasteiger partial charge in [-0.05, 0) is 50.5 Å². The Morgan fingerprint density at radius 3 is 2.80 bits per heavy atom. The molecule has 1 heterocycles. The molecule has 1 aliphatic heterocycles. The zero-order valence-electron chi connectivity index (χ0n) is 12.1. The van der Waals surface area contributed by atoms with Crippen molar-refractivity contribution < 1.29 is 19.4 Å². The number of ether oxygens (including phenoxy) is 2. The fraction of sp³-hybridized carbons (Fsp3) is 0.800. The molecule has 0 bridgehead atoms. The number of amides is 1. The lowest BCUT2D eigenvalue weighted by Crippen LogP contribution is -2.42. The van der Waals surface area contributed by atoms with E-state index in [1.807, 2.05) is 13.0 Å². The normalized spacial score (nSPS) is 30.3. The quantitative estimate of drug-likeness (QED) is 0.743. The van der Waals surface area contributed by atoms with Crippen LogP contribution in [-0.4, -0.2) is 30.5 Å². The maximum absolute atomic E-state index is 11.4. The number of nitrogens with two attached hydrogens (primary N) is 1. The van der Waals surface area contributed by atoms with Gasteiger partial charge in [-0.3, -0.25) is 4.79 Å². The van der Waals surface area contributed by atoms with E-state index in [0.717, 1.165) is 12.8 Å². The van der Waals surface area contributed by atoms with E-state index >= 15 is 0 Å². The number of aliphatic hydroxyl groups is 1. The van der Waals surface area contributed by atoms with E-state index in [0.29, 0.717) is 12.5 Å². The smallest absolute Gasteiger partial charge is 0.283 e. The van der Waals surface area contributed by atoms with Crippen molar-refractivity contribution in [2.45, 2.75) is 45.3 Å². The van der Waals surface area contributed by atoms with Gasteiger partial charge in [-0.1, -0.05) is 6.42 Å². The van der Waals surface area contributed by atoms with Gasteiger partial charge in [-0.15, -0.1) is 0 Å². The highest BCUT2D eigenvalue weighted by Crippen LogP contribution is 2.44. The van der Waals surface area contributed by atoms with Crippen molar-refractivity contribution in [2.24, 2.45) is 23.5 Å². The van der Waals surface area contributed by atoms with Crippen LogP contribution in [0.2, 0.25) is 0 Å². The number of hydrogen-bond donors (Lipinski definition) is 2. The first kappa shape index (κ1) is 15.3. The summed E-state index contributed by atoms with van der Waals surface area (Å²) in [7, 11) is 0. The van der Waals surface area contributed by atoms with E-state index in [2.05, 4.69) is 0 Å². The Kier molecular flexibility index (Phi) is 5.43. The van der Waals surface area contributed by atoms with E-state index in [-0.39, 0.29) is 24.2 Å². The molecule has 20 heavy (non-hydrogen) atoms. The van der Waals surface area contributed by atoms with Gasteiger partial charge in [0, 0.05) is 19.1 Å². The Morgan fingerprint density at radius 2 is 2.30 bits per heavy atom. The van der Waals surface area contributed by atoms with E-state index in [1.165, 1.54) is 19.3 Å². The highest BCUT2D eigenvalue weighted by Gasteiger charge is 2.41.